The van der Waals surface area contributed by atoms with Gasteiger partial charge >= 0.3 is 0 Å². The van der Waals surface area contributed by atoms with E-state index in [1.807, 2.05) is 24.3 Å². The number of morpholine rings is 1. The van der Waals surface area contributed by atoms with Crippen molar-refractivity contribution in [3.05, 3.63) is 53.1 Å². The van der Waals surface area contributed by atoms with Crippen molar-refractivity contribution < 1.29 is 9.53 Å². The minimum Gasteiger partial charge on any atom is -0.378 e. The van der Waals surface area contributed by atoms with Gasteiger partial charge in [0.05, 0.1) is 31.1 Å². The largest absolute Gasteiger partial charge is 0.378 e. The van der Waals surface area contributed by atoms with E-state index >= 15 is 0 Å². The summed E-state index contributed by atoms with van der Waals surface area (Å²) in [6, 6.07) is 12.2. The second kappa shape index (κ2) is 8.23. The number of hydrogen-bond acceptors (Lipinski definition) is 4. The molecule has 0 aromatic heterocycles. The number of benzene rings is 2. The average Bonchev–Trinajstić information content (AvgIpc) is 2.62. The Morgan fingerprint density at radius 3 is 2.42 bits per heavy atom. The maximum Gasteiger partial charge on any atom is 0.243 e. The van der Waals surface area contributed by atoms with Crippen molar-refractivity contribution in [3.8, 4) is 0 Å². The molecular formula is C21H27N3O2. The van der Waals surface area contributed by atoms with Crippen LogP contribution in [0.5, 0.6) is 0 Å². The monoisotopic (exact) mass is 353 g/mol. The number of anilines is 3. The highest BCUT2D eigenvalue weighted by molar-refractivity contribution is 5.97. The number of hydrogen-bond donors (Lipinski definition) is 2. The Kier molecular flexibility index (Phi) is 5.78. The Hall–Kier alpha value is -2.53. The summed E-state index contributed by atoms with van der Waals surface area (Å²) in [5.74, 6) is -0.0508. The Morgan fingerprint density at radius 1 is 1.08 bits per heavy atom. The fourth-order valence-electron chi connectivity index (χ4n) is 3.48. The van der Waals surface area contributed by atoms with Gasteiger partial charge in [-0.25, -0.2) is 0 Å². The van der Waals surface area contributed by atoms with Gasteiger partial charge in [-0.2, -0.15) is 0 Å². The number of carbonyl (C=O) groups is 1. The normalized spacial score (nSPS) is 14.2. The number of nitrogens with one attached hydrogen (secondary N) is 2. The quantitative estimate of drug-likeness (QED) is 0.864. The molecule has 138 valence electrons. The van der Waals surface area contributed by atoms with E-state index < -0.39 is 0 Å². The third kappa shape index (κ3) is 4.35. The highest BCUT2D eigenvalue weighted by atomic mass is 16.5. The number of nitrogens with zero attached hydrogens (tertiary/aromatic N) is 1. The fourth-order valence-corrected chi connectivity index (χ4v) is 3.48. The van der Waals surface area contributed by atoms with E-state index in [0.29, 0.717) is 0 Å². The van der Waals surface area contributed by atoms with Gasteiger partial charge in [-0.15, -0.1) is 0 Å². The van der Waals surface area contributed by atoms with Gasteiger partial charge in [-0.05, 0) is 44.0 Å². The van der Waals surface area contributed by atoms with E-state index in [4.69, 9.17) is 4.74 Å². The van der Waals surface area contributed by atoms with E-state index in [1.54, 1.807) is 0 Å². The number of para-hydroxylation sites is 2. The molecule has 26 heavy (non-hydrogen) atoms. The van der Waals surface area contributed by atoms with Gasteiger partial charge in [0.2, 0.25) is 5.91 Å². The maximum absolute atomic E-state index is 12.5. The van der Waals surface area contributed by atoms with Gasteiger partial charge in [0.15, 0.2) is 0 Å². The number of ether oxygens (including phenoxy) is 1. The third-order valence-electron chi connectivity index (χ3n) is 4.63. The predicted molar refractivity (Wildman–Crippen MR) is 107 cm³/mol. The zero-order valence-corrected chi connectivity index (χ0v) is 15.8. The van der Waals surface area contributed by atoms with Crippen LogP contribution in [0.15, 0.2) is 36.4 Å². The third-order valence-corrected chi connectivity index (χ3v) is 4.63. The molecule has 2 N–H and O–H groups in total. The number of aryl methyl sites for hydroxylation is 3. The smallest absolute Gasteiger partial charge is 0.243 e. The van der Waals surface area contributed by atoms with Crippen molar-refractivity contribution in [2.24, 2.45) is 0 Å². The van der Waals surface area contributed by atoms with Crippen molar-refractivity contribution in [1.82, 2.24) is 0 Å². The van der Waals surface area contributed by atoms with E-state index in [-0.39, 0.29) is 12.5 Å². The lowest BCUT2D eigenvalue weighted by atomic mass is 10.1. The summed E-state index contributed by atoms with van der Waals surface area (Å²) in [6.45, 7) is 9.56. The first-order valence-electron chi connectivity index (χ1n) is 9.08. The summed E-state index contributed by atoms with van der Waals surface area (Å²) < 4.78 is 5.42. The highest BCUT2D eigenvalue weighted by Crippen LogP contribution is 2.26. The van der Waals surface area contributed by atoms with Crippen LogP contribution in [0, 0.1) is 20.8 Å². The topological polar surface area (TPSA) is 53.6 Å². The number of carbonyl (C=O) groups excluding carboxylic acids is 1. The second-order valence-corrected chi connectivity index (χ2v) is 6.79. The summed E-state index contributed by atoms with van der Waals surface area (Å²) in [6.07, 6.45) is 0. The highest BCUT2D eigenvalue weighted by Gasteiger charge is 2.16. The molecule has 0 spiro atoms. The van der Waals surface area contributed by atoms with Gasteiger partial charge in [-0.3, -0.25) is 4.79 Å². The molecule has 0 atom stereocenters. The summed E-state index contributed by atoms with van der Waals surface area (Å²) in [5.41, 5.74) is 6.47. The van der Waals surface area contributed by atoms with E-state index in [0.717, 1.165) is 54.5 Å². The average molecular weight is 353 g/mol. The van der Waals surface area contributed by atoms with Crippen LogP contribution in [0.25, 0.3) is 0 Å². The van der Waals surface area contributed by atoms with Gasteiger partial charge in [-0.1, -0.05) is 29.8 Å². The lowest BCUT2D eigenvalue weighted by molar-refractivity contribution is -0.114. The van der Waals surface area contributed by atoms with Crippen molar-refractivity contribution in [2.75, 3.05) is 48.4 Å². The molecule has 0 aliphatic carbocycles. The van der Waals surface area contributed by atoms with Gasteiger partial charge in [0.1, 0.15) is 0 Å². The van der Waals surface area contributed by atoms with E-state index in [1.165, 1.54) is 5.56 Å². The standard InChI is InChI=1S/C21H27N3O2/c1-15-12-16(2)21(17(3)13-15)22-14-20(25)23-18-6-4-5-7-19(18)24-8-10-26-11-9-24/h4-7,12-13,22H,8-11,14H2,1-3H3,(H,23,25). The van der Waals surface area contributed by atoms with Crippen LogP contribution in [0.3, 0.4) is 0 Å². The van der Waals surface area contributed by atoms with Crippen LogP contribution in [0.2, 0.25) is 0 Å². The molecule has 0 bridgehead atoms. The molecule has 5 nitrogen and oxygen atoms in total. The number of amides is 1. The minimum atomic E-state index is -0.0508. The van der Waals surface area contributed by atoms with Crippen LogP contribution in [-0.4, -0.2) is 38.8 Å². The van der Waals surface area contributed by atoms with Crippen LogP contribution in [0.4, 0.5) is 17.1 Å². The number of rotatable bonds is 5. The molecule has 2 aromatic rings. The zero-order valence-electron chi connectivity index (χ0n) is 15.8. The van der Waals surface area contributed by atoms with Crippen molar-refractivity contribution in [2.45, 2.75) is 20.8 Å². The first-order chi connectivity index (χ1) is 12.5. The molecule has 5 heteroatoms. The van der Waals surface area contributed by atoms with E-state index in [2.05, 4.69) is 48.4 Å². The van der Waals surface area contributed by atoms with Crippen LogP contribution >= 0.6 is 0 Å². The molecule has 1 amide bonds. The lowest BCUT2D eigenvalue weighted by Gasteiger charge is -2.30. The van der Waals surface area contributed by atoms with Crippen LogP contribution in [-0.2, 0) is 9.53 Å². The Labute approximate surface area is 155 Å². The molecular weight excluding hydrogens is 326 g/mol. The molecule has 0 saturated carbocycles. The predicted octanol–water partition coefficient (Wildman–Crippen LogP) is 3.50. The Morgan fingerprint density at radius 2 is 1.73 bits per heavy atom. The Bertz CT molecular complexity index is 760. The van der Waals surface area contributed by atoms with E-state index in [9.17, 15) is 4.79 Å². The lowest BCUT2D eigenvalue weighted by Crippen LogP contribution is -2.37. The molecule has 0 radical (unpaired) electrons. The molecule has 1 aliphatic rings. The maximum atomic E-state index is 12.5. The summed E-state index contributed by atoms with van der Waals surface area (Å²) in [5, 5.41) is 6.33. The van der Waals surface area contributed by atoms with Crippen molar-refractivity contribution >= 4 is 23.0 Å². The summed E-state index contributed by atoms with van der Waals surface area (Å²) in [7, 11) is 0. The molecule has 1 heterocycles. The zero-order chi connectivity index (χ0) is 18.5. The SMILES string of the molecule is Cc1cc(C)c(NCC(=O)Nc2ccccc2N2CCOCC2)c(C)c1. The molecule has 3 rings (SSSR count). The van der Waals surface area contributed by atoms with Crippen molar-refractivity contribution in [1.29, 1.82) is 0 Å². The van der Waals surface area contributed by atoms with Gasteiger partial charge in [0, 0.05) is 18.8 Å². The first-order valence-corrected chi connectivity index (χ1v) is 9.08. The minimum absolute atomic E-state index is 0.0508. The molecule has 1 saturated heterocycles. The summed E-state index contributed by atoms with van der Waals surface area (Å²) >= 11 is 0. The van der Waals surface area contributed by atoms with Crippen LogP contribution in [0.1, 0.15) is 16.7 Å². The second-order valence-electron chi connectivity index (χ2n) is 6.79. The molecule has 0 unspecified atom stereocenters. The van der Waals surface area contributed by atoms with Crippen LogP contribution < -0.4 is 15.5 Å². The van der Waals surface area contributed by atoms with Gasteiger partial charge in [0.25, 0.3) is 0 Å². The van der Waals surface area contributed by atoms with Gasteiger partial charge < -0.3 is 20.3 Å². The fraction of sp³-hybridized carbons (Fsp3) is 0.381. The molecule has 1 fully saturated rings. The molecule has 2 aromatic carbocycles. The van der Waals surface area contributed by atoms with Crippen molar-refractivity contribution in [3.63, 3.8) is 0 Å². The Balaban J connectivity index is 1.66. The summed E-state index contributed by atoms with van der Waals surface area (Å²) in [4.78, 5) is 14.7. The molecule has 1 aliphatic heterocycles. The first kappa shape index (κ1) is 18.3.